The number of nitrogens with zero attached hydrogens (tertiary/aromatic N) is 1. The van der Waals surface area contributed by atoms with Crippen LogP contribution in [0.5, 0.6) is 0 Å². The van der Waals surface area contributed by atoms with Gasteiger partial charge in [-0.15, -0.1) is 0 Å². The van der Waals surface area contributed by atoms with Crippen molar-refractivity contribution in [3.63, 3.8) is 0 Å². The highest BCUT2D eigenvalue weighted by Gasteiger charge is 2.01. The van der Waals surface area contributed by atoms with Crippen molar-refractivity contribution in [1.29, 1.82) is 0 Å². The molecule has 0 saturated carbocycles. The summed E-state index contributed by atoms with van der Waals surface area (Å²) < 4.78 is 0. The molecule has 1 N–H and O–H groups in total. The number of rotatable bonds is 3. The first-order valence-electron chi connectivity index (χ1n) is 3.28. The Morgan fingerprint density at radius 2 is 2.56 bits per heavy atom. The molecule has 1 aliphatic rings. The lowest BCUT2D eigenvalue weighted by Crippen LogP contribution is -2.11. The monoisotopic (exact) mass is 124 g/mol. The molecular formula is C7H12N2. The molecule has 0 fully saturated rings. The van der Waals surface area contributed by atoms with Crippen molar-refractivity contribution >= 4 is 6.21 Å². The van der Waals surface area contributed by atoms with E-state index in [1.807, 2.05) is 19.5 Å². The van der Waals surface area contributed by atoms with E-state index in [2.05, 4.69) is 16.4 Å². The van der Waals surface area contributed by atoms with E-state index in [0.717, 1.165) is 13.0 Å². The molecule has 50 valence electrons. The Morgan fingerprint density at radius 3 is 3.11 bits per heavy atom. The van der Waals surface area contributed by atoms with Gasteiger partial charge in [0.15, 0.2) is 0 Å². The van der Waals surface area contributed by atoms with Gasteiger partial charge in [0.05, 0.1) is 0 Å². The van der Waals surface area contributed by atoms with E-state index in [4.69, 9.17) is 0 Å². The molecule has 1 aliphatic heterocycles. The fourth-order valence-corrected chi connectivity index (χ4v) is 0.852. The van der Waals surface area contributed by atoms with E-state index in [1.165, 1.54) is 0 Å². The van der Waals surface area contributed by atoms with Gasteiger partial charge in [-0.2, -0.15) is 0 Å². The average molecular weight is 124 g/mol. The Morgan fingerprint density at radius 1 is 1.67 bits per heavy atom. The molecule has 0 aliphatic carbocycles. The fraction of sp³-hybridized carbons (Fsp3) is 0.571. The van der Waals surface area contributed by atoms with Crippen LogP contribution in [0.3, 0.4) is 0 Å². The van der Waals surface area contributed by atoms with Gasteiger partial charge < -0.3 is 5.32 Å². The molecular weight excluding hydrogens is 112 g/mol. The van der Waals surface area contributed by atoms with Crippen LogP contribution in [0.4, 0.5) is 0 Å². The molecule has 0 bridgehead atoms. The summed E-state index contributed by atoms with van der Waals surface area (Å²) in [6.07, 6.45) is 7.13. The van der Waals surface area contributed by atoms with Crippen molar-refractivity contribution in [2.45, 2.75) is 6.42 Å². The Kier molecular flexibility index (Phi) is 2.46. The predicted octanol–water partition coefficient (Wildman–Crippen LogP) is 0.810. The van der Waals surface area contributed by atoms with Crippen molar-refractivity contribution in [1.82, 2.24) is 5.32 Å². The number of hydrogen-bond donors (Lipinski definition) is 1. The molecule has 1 atom stereocenters. The second-order valence-electron chi connectivity index (χ2n) is 2.20. The largest absolute Gasteiger partial charge is 0.320 e. The third-order valence-corrected chi connectivity index (χ3v) is 1.42. The average Bonchev–Trinajstić information content (AvgIpc) is 2.34. The summed E-state index contributed by atoms with van der Waals surface area (Å²) in [7, 11) is 1.97. The van der Waals surface area contributed by atoms with Crippen LogP contribution in [-0.4, -0.2) is 19.8 Å². The Labute approximate surface area is 55.7 Å². The minimum absolute atomic E-state index is 0.581. The summed E-state index contributed by atoms with van der Waals surface area (Å²) in [6, 6.07) is 0. The Balaban J connectivity index is 2.13. The molecule has 1 heterocycles. The van der Waals surface area contributed by atoms with Gasteiger partial charge in [-0.1, -0.05) is 6.08 Å². The lowest BCUT2D eigenvalue weighted by Gasteiger charge is -2.00. The van der Waals surface area contributed by atoms with E-state index in [1.54, 1.807) is 0 Å². The zero-order chi connectivity index (χ0) is 6.53. The van der Waals surface area contributed by atoms with Crippen LogP contribution < -0.4 is 5.32 Å². The molecule has 0 aromatic heterocycles. The number of allylic oxidation sites excluding steroid dienone is 1. The van der Waals surface area contributed by atoms with Gasteiger partial charge in [-0.3, -0.25) is 4.99 Å². The first kappa shape index (κ1) is 6.49. The molecule has 1 unspecified atom stereocenters. The van der Waals surface area contributed by atoms with Gasteiger partial charge in [0.1, 0.15) is 0 Å². The number of nitrogens with one attached hydrogen (secondary N) is 1. The van der Waals surface area contributed by atoms with E-state index < -0.39 is 0 Å². The highest BCUT2D eigenvalue weighted by Crippen LogP contribution is 2.05. The fourth-order valence-electron chi connectivity index (χ4n) is 0.852. The molecule has 0 aromatic carbocycles. The normalized spacial score (nSPS) is 23.4. The number of aliphatic imine (C=N–C) groups is 1. The van der Waals surface area contributed by atoms with Crippen molar-refractivity contribution in [2.24, 2.45) is 10.9 Å². The number of hydrogen-bond acceptors (Lipinski definition) is 2. The maximum atomic E-state index is 3.98. The van der Waals surface area contributed by atoms with Crippen LogP contribution in [0, 0.1) is 5.92 Å². The highest BCUT2D eigenvalue weighted by molar-refractivity contribution is 5.66. The van der Waals surface area contributed by atoms with Crippen LogP contribution in [0.15, 0.2) is 17.3 Å². The molecule has 0 saturated heterocycles. The van der Waals surface area contributed by atoms with Crippen molar-refractivity contribution in [2.75, 3.05) is 13.6 Å². The van der Waals surface area contributed by atoms with Crippen LogP contribution in [0.1, 0.15) is 6.42 Å². The molecule has 1 rings (SSSR count). The van der Waals surface area contributed by atoms with Crippen LogP contribution in [0.2, 0.25) is 0 Å². The van der Waals surface area contributed by atoms with Gasteiger partial charge >= 0.3 is 0 Å². The lowest BCUT2D eigenvalue weighted by atomic mass is 10.1. The lowest BCUT2D eigenvalue weighted by molar-refractivity contribution is 0.687. The summed E-state index contributed by atoms with van der Waals surface area (Å²) in [5.74, 6) is 0.581. The van der Waals surface area contributed by atoms with Crippen LogP contribution in [-0.2, 0) is 0 Å². The predicted molar refractivity (Wildman–Crippen MR) is 39.7 cm³/mol. The minimum Gasteiger partial charge on any atom is -0.320 e. The van der Waals surface area contributed by atoms with E-state index in [0.29, 0.717) is 5.92 Å². The van der Waals surface area contributed by atoms with E-state index in [-0.39, 0.29) is 0 Å². The molecule has 0 radical (unpaired) electrons. The molecule has 0 spiro atoms. The van der Waals surface area contributed by atoms with Gasteiger partial charge in [0.25, 0.3) is 0 Å². The van der Waals surface area contributed by atoms with Crippen molar-refractivity contribution in [3.8, 4) is 0 Å². The zero-order valence-corrected chi connectivity index (χ0v) is 5.67. The smallest absolute Gasteiger partial charge is 0.0230 e. The first-order valence-corrected chi connectivity index (χ1v) is 3.28. The van der Waals surface area contributed by atoms with Gasteiger partial charge in [0.2, 0.25) is 0 Å². The molecule has 2 heteroatoms. The summed E-state index contributed by atoms with van der Waals surface area (Å²) in [5.41, 5.74) is 0. The Bertz CT molecular complexity index is 115. The molecule has 0 amide bonds. The van der Waals surface area contributed by atoms with Gasteiger partial charge in [0, 0.05) is 18.3 Å². The van der Waals surface area contributed by atoms with Crippen molar-refractivity contribution in [3.05, 3.63) is 12.3 Å². The second kappa shape index (κ2) is 3.41. The summed E-state index contributed by atoms with van der Waals surface area (Å²) in [6.45, 7) is 1.07. The maximum absolute atomic E-state index is 3.98. The van der Waals surface area contributed by atoms with E-state index >= 15 is 0 Å². The van der Waals surface area contributed by atoms with Crippen LogP contribution >= 0.6 is 0 Å². The van der Waals surface area contributed by atoms with Gasteiger partial charge in [-0.25, -0.2) is 0 Å². The zero-order valence-electron chi connectivity index (χ0n) is 5.67. The highest BCUT2D eigenvalue weighted by atomic mass is 14.8. The van der Waals surface area contributed by atoms with Gasteiger partial charge in [-0.05, 0) is 20.0 Å². The summed E-state index contributed by atoms with van der Waals surface area (Å²) in [5, 5.41) is 3.10. The quantitative estimate of drug-likeness (QED) is 0.591. The second-order valence-corrected chi connectivity index (χ2v) is 2.20. The first-order chi connectivity index (χ1) is 4.43. The summed E-state index contributed by atoms with van der Waals surface area (Å²) in [4.78, 5) is 3.98. The van der Waals surface area contributed by atoms with Crippen molar-refractivity contribution < 1.29 is 0 Å². The molecule has 2 nitrogen and oxygen atoms in total. The SMILES string of the molecule is CNCCC1C=CN=C1. The van der Waals surface area contributed by atoms with Crippen LogP contribution in [0.25, 0.3) is 0 Å². The molecule has 9 heavy (non-hydrogen) atoms. The third-order valence-electron chi connectivity index (χ3n) is 1.42. The molecule has 0 aromatic rings. The standard InChI is InChI=1S/C7H12N2/c1-8-4-2-7-3-5-9-6-7/h3,5-8H,2,4H2,1H3. The third kappa shape index (κ3) is 1.98. The Hall–Kier alpha value is -0.630. The summed E-state index contributed by atoms with van der Waals surface area (Å²) >= 11 is 0. The maximum Gasteiger partial charge on any atom is 0.0230 e. The minimum atomic E-state index is 0.581. The topological polar surface area (TPSA) is 24.4 Å². The van der Waals surface area contributed by atoms with E-state index in [9.17, 15) is 0 Å².